The van der Waals surface area contributed by atoms with E-state index in [1.165, 1.54) is 30.4 Å². The maximum absolute atomic E-state index is 13.1. The van der Waals surface area contributed by atoms with Gasteiger partial charge in [-0.05, 0) is 37.6 Å². The third-order valence-corrected chi connectivity index (χ3v) is 4.77. The summed E-state index contributed by atoms with van der Waals surface area (Å²) >= 11 is 1.46. The SMILES string of the molecule is Cc1nc(CNS(=O)(=O)c2ccc(F)c(C)c2)cs1. The van der Waals surface area contributed by atoms with E-state index < -0.39 is 15.8 Å². The predicted molar refractivity (Wildman–Crippen MR) is 72.0 cm³/mol. The van der Waals surface area contributed by atoms with Gasteiger partial charge in [-0.15, -0.1) is 11.3 Å². The van der Waals surface area contributed by atoms with Gasteiger partial charge in [-0.25, -0.2) is 22.5 Å². The van der Waals surface area contributed by atoms with E-state index in [0.29, 0.717) is 11.3 Å². The number of thiazole rings is 1. The molecule has 0 bridgehead atoms. The van der Waals surface area contributed by atoms with Crippen molar-refractivity contribution >= 4 is 21.4 Å². The van der Waals surface area contributed by atoms with Crippen molar-refractivity contribution in [2.24, 2.45) is 0 Å². The second-order valence-corrected chi connectivity index (χ2v) is 6.92. The Labute approximate surface area is 115 Å². The predicted octanol–water partition coefficient (Wildman–Crippen LogP) is 2.38. The van der Waals surface area contributed by atoms with Crippen molar-refractivity contribution in [3.05, 3.63) is 45.7 Å². The third-order valence-electron chi connectivity index (χ3n) is 2.55. The summed E-state index contributed by atoms with van der Waals surface area (Å²) in [4.78, 5) is 4.22. The van der Waals surface area contributed by atoms with Crippen LogP contribution in [0.1, 0.15) is 16.3 Å². The fourth-order valence-electron chi connectivity index (χ4n) is 1.53. The lowest BCUT2D eigenvalue weighted by atomic mass is 10.2. The number of aromatic nitrogens is 1. The van der Waals surface area contributed by atoms with Crippen molar-refractivity contribution in [3.8, 4) is 0 Å². The summed E-state index contributed by atoms with van der Waals surface area (Å²) in [6, 6.07) is 3.71. The van der Waals surface area contributed by atoms with E-state index in [2.05, 4.69) is 9.71 Å². The highest BCUT2D eigenvalue weighted by Gasteiger charge is 2.15. The molecule has 1 aromatic heterocycles. The molecule has 1 heterocycles. The van der Waals surface area contributed by atoms with Crippen LogP contribution >= 0.6 is 11.3 Å². The van der Waals surface area contributed by atoms with Gasteiger partial charge in [0.25, 0.3) is 0 Å². The van der Waals surface area contributed by atoms with Crippen LogP contribution in [0.25, 0.3) is 0 Å². The average Bonchev–Trinajstić information content (AvgIpc) is 2.76. The monoisotopic (exact) mass is 300 g/mol. The molecule has 0 atom stereocenters. The molecule has 0 amide bonds. The van der Waals surface area contributed by atoms with Gasteiger partial charge in [0.05, 0.1) is 22.1 Å². The van der Waals surface area contributed by atoms with E-state index in [-0.39, 0.29) is 11.4 Å². The quantitative estimate of drug-likeness (QED) is 0.943. The Morgan fingerprint density at radius 1 is 1.37 bits per heavy atom. The molecular formula is C12H13FN2O2S2. The highest BCUT2D eigenvalue weighted by molar-refractivity contribution is 7.89. The molecule has 0 aliphatic rings. The van der Waals surface area contributed by atoms with Crippen LogP contribution in [0.2, 0.25) is 0 Å². The number of hydrogen-bond donors (Lipinski definition) is 1. The number of nitrogens with one attached hydrogen (secondary N) is 1. The maximum Gasteiger partial charge on any atom is 0.240 e. The zero-order valence-electron chi connectivity index (χ0n) is 10.5. The van der Waals surface area contributed by atoms with Gasteiger partial charge < -0.3 is 0 Å². The van der Waals surface area contributed by atoms with Crippen LogP contribution in [0, 0.1) is 19.7 Å². The Kier molecular flexibility index (Phi) is 3.98. The molecule has 1 N–H and O–H groups in total. The topological polar surface area (TPSA) is 59.1 Å². The molecule has 0 saturated heterocycles. The number of hydrogen-bond acceptors (Lipinski definition) is 4. The van der Waals surface area contributed by atoms with Gasteiger partial charge in [0, 0.05) is 5.38 Å². The third kappa shape index (κ3) is 3.37. The first kappa shape index (κ1) is 14.1. The Balaban J connectivity index is 2.16. The molecule has 19 heavy (non-hydrogen) atoms. The molecule has 0 saturated carbocycles. The van der Waals surface area contributed by atoms with Gasteiger partial charge in [-0.2, -0.15) is 0 Å². The minimum Gasteiger partial charge on any atom is -0.245 e. The Bertz CT molecular complexity index is 696. The molecule has 0 spiro atoms. The van der Waals surface area contributed by atoms with Crippen molar-refractivity contribution < 1.29 is 12.8 Å². The summed E-state index contributed by atoms with van der Waals surface area (Å²) in [7, 11) is -3.64. The smallest absolute Gasteiger partial charge is 0.240 e. The van der Waals surface area contributed by atoms with Crippen LogP contribution in [-0.2, 0) is 16.6 Å². The first-order valence-electron chi connectivity index (χ1n) is 5.55. The average molecular weight is 300 g/mol. The summed E-state index contributed by atoms with van der Waals surface area (Å²) in [5, 5.41) is 2.68. The fraction of sp³-hybridized carbons (Fsp3) is 0.250. The molecule has 0 aliphatic heterocycles. The summed E-state index contributed by atoms with van der Waals surface area (Å²) < 4.78 is 39.6. The number of sulfonamides is 1. The minimum atomic E-state index is -3.64. The highest BCUT2D eigenvalue weighted by Crippen LogP contribution is 2.15. The molecule has 1 aromatic carbocycles. The molecular weight excluding hydrogens is 287 g/mol. The molecule has 2 aromatic rings. The minimum absolute atomic E-state index is 0.0540. The summed E-state index contributed by atoms with van der Waals surface area (Å²) in [6.45, 7) is 3.51. The molecule has 0 fully saturated rings. The maximum atomic E-state index is 13.1. The van der Waals surface area contributed by atoms with Crippen LogP contribution in [0.15, 0.2) is 28.5 Å². The van der Waals surface area contributed by atoms with Gasteiger partial charge in [0.15, 0.2) is 0 Å². The van der Waals surface area contributed by atoms with Crippen molar-refractivity contribution in [2.45, 2.75) is 25.3 Å². The first-order valence-corrected chi connectivity index (χ1v) is 7.91. The summed E-state index contributed by atoms with van der Waals surface area (Å²) in [6.07, 6.45) is 0. The normalized spacial score (nSPS) is 11.7. The lowest BCUT2D eigenvalue weighted by molar-refractivity contribution is 0.579. The van der Waals surface area contributed by atoms with Gasteiger partial charge in [-0.1, -0.05) is 0 Å². The standard InChI is InChI=1S/C12H13FN2O2S2/c1-8-5-11(3-4-12(8)13)19(16,17)14-6-10-7-18-9(2)15-10/h3-5,7,14H,6H2,1-2H3. The highest BCUT2D eigenvalue weighted by atomic mass is 32.2. The zero-order valence-corrected chi connectivity index (χ0v) is 12.1. The van der Waals surface area contributed by atoms with Crippen LogP contribution in [0.5, 0.6) is 0 Å². The van der Waals surface area contributed by atoms with Crippen molar-refractivity contribution in [2.75, 3.05) is 0 Å². The number of benzene rings is 1. The van der Waals surface area contributed by atoms with Crippen molar-refractivity contribution in [3.63, 3.8) is 0 Å². The van der Waals surface area contributed by atoms with Gasteiger partial charge in [0.1, 0.15) is 5.82 Å². The van der Waals surface area contributed by atoms with Crippen molar-refractivity contribution in [1.82, 2.24) is 9.71 Å². The van der Waals surface area contributed by atoms with Gasteiger partial charge in [-0.3, -0.25) is 0 Å². The van der Waals surface area contributed by atoms with Crippen LogP contribution in [-0.4, -0.2) is 13.4 Å². The molecule has 102 valence electrons. The van der Waals surface area contributed by atoms with Crippen LogP contribution in [0.3, 0.4) is 0 Å². The number of nitrogens with zero attached hydrogens (tertiary/aromatic N) is 1. The van der Waals surface area contributed by atoms with E-state index in [4.69, 9.17) is 0 Å². The molecule has 7 heteroatoms. The zero-order chi connectivity index (χ0) is 14.0. The van der Waals surface area contributed by atoms with Crippen molar-refractivity contribution in [1.29, 1.82) is 0 Å². The second kappa shape index (κ2) is 5.36. The Morgan fingerprint density at radius 3 is 2.68 bits per heavy atom. The molecule has 4 nitrogen and oxygen atoms in total. The summed E-state index contributed by atoms with van der Waals surface area (Å²) in [5.41, 5.74) is 0.970. The van der Waals surface area contributed by atoms with E-state index in [1.54, 1.807) is 5.38 Å². The number of rotatable bonds is 4. The molecule has 2 rings (SSSR count). The first-order chi connectivity index (χ1) is 8.88. The van der Waals surface area contributed by atoms with E-state index >= 15 is 0 Å². The number of aryl methyl sites for hydroxylation is 2. The van der Waals surface area contributed by atoms with E-state index in [1.807, 2.05) is 6.92 Å². The Morgan fingerprint density at radius 2 is 2.11 bits per heavy atom. The van der Waals surface area contributed by atoms with E-state index in [0.717, 1.165) is 11.1 Å². The van der Waals surface area contributed by atoms with Gasteiger partial charge >= 0.3 is 0 Å². The second-order valence-electron chi connectivity index (χ2n) is 4.09. The Hall–Kier alpha value is -1.31. The van der Waals surface area contributed by atoms with E-state index in [9.17, 15) is 12.8 Å². The van der Waals surface area contributed by atoms with Crippen LogP contribution < -0.4 is 4.72 Å². The largest absolute Gasteiger partial charge is 0.245 e. The molecule has 0 aliphatic carbocycles. The fourth-order valence-corrected chi connectivity index (χ4v) is 3.22. The van der Waals surface area contributed by atoms with Gasteiger partial charge in [0.2, 0.25) is 10.0 Å². The molecule has 0 radical (unpaired) electrons. The lowest BCUT2D eigenvalue weighted by Gasteiger charge is -2.06. The number of halogens is 1. The van der Waals surface area contributed by atoms with Crippen LogP contribution in [0.4, 0.5) is 4.39 Å². The lowest BCUT2D eigenvalue weighted by Crippen LogP contribution is -2.23. The molecule has 0 unspecified atom stereocenters. The summed E-state index contributed by atoms with van der Waals surface area (Å²) in [5.74, 6) is -0.422.